The second kappa shape index (κ2) is 7.69. The number of carbonyl (C=O) groups is 1. The van der Waals surface area contributed by atoms with E-state index in [-0.39, 0.29) is 5.91 Å². The van der Waals surface area contributed by atoms with E-state index in [1.165, 1.54) is 11.8 Å². The number of fused-ring (bicyclic) bond motifs is 1. The molecule has 3 aromatic rings. The van der Waals surface area contributed by atoms with Crippen LogP contribution in [0.1, 0.15) is 27.2 Å². The summed E-state index contributed by atoms with van der Waals surface area (Å²) in [6.45, 7) is 2.00. The second-order valence-electron chi connectivity index (χ2n) is 6.31. The highest BCUT2D eigenvalue weighted by Gasteiger charge is 2.20. The fourth-order valence-electron chi connectivity index (χ4n) is 2.94. The van der Waals surface area contributed by atoms with Crippen LogP contribution < -0.4 is 5.32 Å². The standard InChI is InChI=1S/C20H16ClN5OS/c1-11-7-12-8-17(25-18(12)23-10-11)14-9-13(3-4-15(14)21)24-19(27)16-5-6-22-20(26-16)28-2/h3-7,9-10H,8H2,1-2H3,(H,24,27). The molecule has 3 heterocycles. The lowest BCUT2D eigenvalue weighted by Crippen LogP contribution is -2.15. The largest absolute Gasteiger partial charge is 0.321 e. The fraction of sp³-hybridized carbons (Fsp3) is 0.150. The fourth-order valence-corrected chi connectivity index (χ4v) is 3.52. The molecule has 0 bridgehead atoms. The molecule has 1 aliphatic rings. The van der Waals surface area contributed by atoms with Gasteiger partial charge in [-0.15, -0.1) is 0 Å². The van der Waals surface area contributed by atoms with Crippen molar-refractivity contribution < 1.29 is 4.79 Å². The van der Waals surface area contributed by atoms with Gasteiger partial charge in [0.1, 0.15) is 5.69 Å². The van der Waals surface area contributed by atoms with E-state index in [0.717, 1.165) is 28.2 Å². The Morgan fingerprint density at radius 2 is 2.07 bits per heavy atom. The summed E-state index contributed by atoms with van der Waals surface area (Å²) in [4.78, 5) is 29.8. The SMILES string of the molecule is CSc1nccc(C(=O)Nc2ccc(Cl)c(C3=Nc4ncc(C)cc4C3)c2)n1. The lowest BCUT2D eigenvalue weighted by Gasteiger charge is -2.09. The summed E-state index contributed by atoms with van der Waals surface area (Å²) in [6, 6.07) is 9.00. The van der Waals surface area contributed by atoms with Crippen molar-refractivity contribution in [2.45, 2.75) is 18.5 Å². The minimum atomic E-state index is -0.306. The van der Waals surface area contributed by atoms with Gasteiger partial charge in [-0.1, -0.05) is 29.4 Å². The molecule has 0 atom stereocenters. The van der Waals surface area contributed by atoms with Crippen LogP contribution in [0.25, 0.3) is 0 Å². The number of aryl methyl sites for hydroxylation is 1. The molecule has 0 spiro atoms. The van der Waals surface area contributed by atoms with Gasteiger partial charge in [-0.2, -0.15) is 0 Å². The van der Waals surface area contributed by atoms with Crippen LogP contribution in [-0.4, -0.2) is 32.8 Å². The Hall–Kier alpha value is -2.77. The molecule has 8 heteroatoms. The van der Waals surface area contributed by atoms with Crippen molar-refractivity contribution in [3.8, 4) is 0 Å². The molecule has 28 heavy (non-hydrogen) atoms. The molecule has 1 amide bonds. The van der Waals surface area contributed by atoms with Gasteiger partial charge in [-0.05, 0) is 43.0 Å². The number of hydrogen-bond donors (Lipinski definition) is 1. The van der Waals surface area contributed by atoms with Crippen LogP contribution in [0.3, 0.4) is 0 Å². The molecule has 0 radical (unpaired) electrons. The molecule has 0 aliphatic carbocycles. The first kappa shape index (κ1) is 18.6. The van der Waals surface area contributed by atoms with E-state index < -0.39 is 0 Å². The van der Waals surface area contributed by atoms with Gasteiger partial charge in [0.05, 0.1) is 5.71 Å². The predicted molar refractivity (Wildman–Crippen MR) is 112 cm³/mol. The number of anilines is 1. The molecule has 140 valence electrons. The third-order valence-corrected chi connectivity index (χ3v) is 5.15. The maximum Gasteiger partial charge on any atom is 0.274 e. The molecule has 6 nitrogen and oxygen atoms in total. The number of benzene rings is 1. The number of aromatic nitrogens is 3. The normalized spacial score (nSPS) is 12.5. The summed E-state index contributed by atoms with van der Waals surface area (Å²) >= 11 is 7.79. The number of amides is 1. The van der Waals surface area contributed by atoms with Crippen LogP contribution >= 0.6 is 23.4 Å². The number of pyridine rings is 1. The minimum Gasteiger partial charge on any atom is -0.321 e. The van der Waals surface area contributed by atoms with E-state index >= 15 is 0 Å². The predicted octanol–water partition coefficient (Wildman–Crippen LogP) is 4.48. The van der Waals surface area contributed by atoms with Crippen LogP contribution in [0.2, 0.25) is 5.02 Å². The zero-order chi connectivity index (χ0) is 19.7. The first-order valence-electron chi connectivity index (χ1n) is 8.55. The van der Waals surface area contributed by atoms with Crippen molar-refractivity contribution in [3.63, 3.8) is 0 Å². The van der Waals surface area contributed by atoms with Crippen molar-refractivity contribution in [2.24, 2.45) is 4.99 Å². The van der Waals surface area contributed by atoms with E-state index in [4.69, 9.17) is 11.6 Å². The van der Waals surface area contributed by atoms with Crippen LogP contribution in [-0.2, 0) is 6.42 Å². The Morgan fingerprint density at radius 3 is 2.89 bits per heavy atom. The molecule has 1 aliphatic heterocycles. The van der Waals surface area contributed by atoms with Crippen molar-refractivity contribution in [1.29, 1.82) is 0 Å². The number of nitrogens with one attached hydrogen (secondary N) is 1. The van der Waals surface area contributed by atoms with Crippen LogP contribution in [0.4, 0.5) is 11.5 Å². The average molecular weight is 410 g/mol. The van der Waals surface area contributed by atoms with Gasteiger partial charge in [-0.3, -0.25) is 4.79 Å². The number of carbonyl (C=O) groups excluding carboxylic acids is 1. The lowest BCUT2D eigenvalue weighted by atomic mass is 10.0. The van der Waals surface area contributed by atoms with Gasteiger partial charge in [0.2, 0.25) is 0 Å². The molecule has 4 rings (SSSR count). The third-order valence-electron chi connectivity index (χ3n) is 4.26. The summed E-state index contributed by atoms with van der Waals surface area (Å²) in [5.41, 5.74) is 4.71. The summed E-state index contributed by atoms with van der Waals surface area (Å²) in [5.74, 6) is 0.414. The molecule has 0 unspecified atom stereocenters. The van der Waals surface area contributed by atoms with E-state index in [9.17, 15) is 4.79 Å². The summed E-state index contributed by atoms with van der Waals surface area (Å²) in [7, 11) is 0. The van der Waals surface area contributed by atoms with Gasteiger partial charge in [0, 0.05) is 40.7 Å². The molecule has 0 saturated carbocycles. The molecule has 0 saturated heterocycles. The molecular weight excluding hydrogens is 394 g/mol. The van der Waals surface area contributed by atoms with Gasteiger partial charge in [-0.25, -0.2) is 19.9 Å². The number of thioether (sulfide) groups is 1. The maximum atomic E-state index is 12.5. The van der Waals surface area contributed by atoms with Crippen molar-refractivity contribution >= 4 is 46.5 Å². The van der Waals surface area contributed by atoms with Gasteiger partial charge in [0.25, 0.3) is 5.91 Å². The van der Waals surface area contributed by atoms with E-state index in [0.29, 0.717) is 28.0 Å². The smallest absolute Gasteiger partial charge is 0.274 e. The third kappa shape index (κ3) is 3.76. The van der Waals surface area contributed by atoms with E-state index in [2.05, 4.69) is 31.3 Å². The van der Waals surface area contributed by atoms with Crippen molar-refractivity contribution in [3.05, 3.63) is 70.1 Å². The zero-order valence-electron chi connectivity index (χ0n) is 15.2. The number of aliphatic imine (C=N–C) groups is 1. The van der Waals surface area contributed by atoms with Gasteiger partial charge >= 0.3 is 0 Å². The van der Waals surface area contributed by atoms with Crippen LogP contribution in [0.5, 0.6) is 0 Å². The summed E-state index contributed by atoms with van der Waals surface area (Å²) in [6.07, 6.45) is 5.89. The summed E-state index contributed by atoms with van der Waals surface area (Å²) < 4.78 is 0. The van der Waals surface area contributed by atoms with Crippen molar-refractivity contribution in [2.75, 3.05) is 11.6 Å². The Labute approximate surface area is 171 Å². The molecule has 1 aromatic carbocycles. The monoisotopic (exact) mass is 409 g/mol. The quantitative estimate of drug-likeness (QED) is 0.507. The molecule has 0 fully saturated rings. The molecule has 2 aromatic heterocycles. The molecular formula is C20H16ClN5OS. The lowest BCUT2D eigenvalue weighted by molar-refractivity contribution is 0.102. The van der Waals surface area contributed by atoms with Crippen molar-refractivity contribution in [1.82, 2.24) is 15.0 Å². The Balaban J connectivity index is 1.59. The van der Waals surface area contributed by atoms with E-state index in [1.54, 1.807) is 30.6 Å². The highest BCUT2D eigenvalue weighted by Crippen LogP contribution is 2.31. The van der Waals surface area contributed by atoms with Gasteiger partial charge in [0.15, 0.2) is 11.0 Å². The highest BCUT2D eigenvalue weighted by atomic mass is 35.5. The highest BCUT2D eigenvalue weighted by molar-refractivity contribution is 7.98. The number of halogens is 1. The minimum absolute atomic E-state index is 0.306. The number of rotatable bonds is 4. The van der Waals surface area contributed by atoms with E-state index in [1.807, 2.05) is 19.2 Å². The second-order valence-corrected chi connectivity index (χ2v) is 7.49. The maximum absolute atomic E-state index is 12.5. The van der Waals surface area contributed by atoms with Crippen LogP contribution in [0.15, 0.2) is 52.9 Å². The first-order valence-corrected chi connectivity index (χ1v) is 10.1. The Kier molecular flexibility index (Phi) is 5.11. The van der Waals surface area contributed by atoms with Gasteiger partial charge < -0.3 is 5.32 Å². The zero-order valence-corrected chi connectivity index (χ0v) is 16.8. The molecule has 1 N–H and O–H groups in total. The van der Waals surface area contributed by atoms with Crippen LogP contribution in [0, 0.1) is 6.92 Å². The first-order chi connectivity index (χ1) is 13.5. The number of nitrogens with zero attached hydrogens (tertiary/aromatic N) is 4. The topological polar surface area (TPSA) is 80.1 Å². The number of hydrogen-bond acceptors (Lipinski definition) is 6. The Bertz CT molecular complexity index is 1120. The average Bonchev–Trinajstić information content (AvgIpc) is 3.12. The Morgan fingerprint density at radius 1 is 1.21 bits per heavy atom. The summed E-state index contributed by atoms with van der Waals surface area (Å²) in [5, 5.41) is 3.99.